The maximum atomic E-state index is 10.1. The maximum Gasteiger partial charge on any atom is 0.200 e. The van der Waals surface area contributed by atoms with Gasteiger partial charge in [-0.2, -0.15) is 5.26 Å². The van der Waals surface area contributed by atoms with E-state index in [1.165, 1.54) is 7.11 Å². The quantitative estimate of drug-likeness (QED) is 0.413. The lowest BCUT2D eigenvalue weighted by atomic mass is 9.74. The van der Waals surface area contributed by atoms with Gasteiger partial charge < -0.3 is 25.4 Å². The number of nitrogens with two attached hydrogens (primary N) is 1. The number of allylic oxidation sites excluding steroid dienone is 1. The highest BCUT2D eigenvalue weighted by Gasteiger charge is 2.49. The van der Waals surface area contributed by atoms with Crippen molar-refractivity contribution in [3.8, 4) is 17.6 Å². The van der Waals surface area contributed by atoms with Crippen molar-refractivity contribution >= 4 is 27.5 Å². The summed E-state index contributed by atoms with van der Waals surface area (Å²) in [5.41, 5.74) is 14.5. The molecule has 0 saturated carbocycles. The molecule has 1 saturated heterocycles. The van der Waals surface area contributed by atoms with Gasteiger partial charge in [0.1, 0.15) is 6.07 Å². The predicted octanol–water partition coefficient (Wildman–Crippen LogP) is 3.41. The van der Waals surface area contributed by atoms with E-state index in [1.807, 2.05) is 24.3 Å². The summed E-state index contributed by atoms with van der Waals surface area (Å²) < 4.78 is 12.0. The Kier molecular flexibility index (Phi) is 7.87. The molecule has 10 heteroatoms. The minimum Gasteiger partial charge on any atom is -0.503 e. The Morgan fingerprint density at radius 3 is 2.50 bits per heavy atom. The molecule has 0 amide bonds. The van der Waals surface area contributed by atoms with E-state index >= 15 is 0 Å². The molecule has 2 heterocycles. The van der Waals surface area contributed by atoms with Crippen molar-refractivity contribution in [2.75, 3.05) is 13.7 Å². The molecule has 2 aliphatic heterocycles. The third-order valence-electron chi connectivity index (χ3n) is 5.31. The van der Waals surface area contributed by atoms with Crippen LogP contribution in [0, 0.1) is 17.2 Å². The summed E-state index contributed by atoms with van der Waals surface area (Å²) in [7, 11) is 1.45. The zero-order chi connectivity index (χ0) is 23.4. The van der Waals surface area contributed by atoms with Crippen molar-refractivity contribution in [3.63, 3.8) is 0 Å². The van der Waals surface area contributed by atoms with Crippen LogP contribution in [-0.4, -0.2) is 30.2 Å². The first-order valence-corrected chi connectivity index (χ1v) is 11.0. The van der Waals surface area contributed by atoms with Gasteiger partial charge in [0.25, 0.3) is 0 Å². The number of nitrogens with zero attached hydrogens (tertiary/aromatic N) is 1. The lowest BCUT2D eigenvalue weighted by molar-refractivity contribution is 0.0340. The summed E-state index contributed by atoms with van der Waals surface area (Å²) in [6, 6.07) is 13.3. The molecule has 4 rings (SSSR count). The first-order chi connectivity index (χ1) is 15.4. The van der Waals surface area contributed by atoms with Crippen LogP contribution in [0.15, 0.2) is 52.3 Å². The van der Waals surface area contributed by atoms with Crippen LogP contribution in [0.3, 0.4) is 0 Å². The zero-order valence-corrected chi connectivity index (χ0v) is 19.8. The number of hydrogen-bond donors (Lipinski definition) is 5. The van der Waals surface area contributed by atoms with Gasteiger partial charge in [0.15, 0.2) is 17.7 Å². The minimum atomic E-state index is -0.454. The number of methoxy groups -OCH3 is 1. The van der Waals surface area contributed by atoms with E-state index in [4.69, 9.17) is 31.9 Å². The van der Waals surface area contributed by atoms with Crippen LogP contribution in [0.4, 0.5) is 0 Å². The number of hydrazine groups is 1. The number of nitriles is 1. The van der Waals surface area contributed by atoms with Gasteiger partial charge in [-0.25, -0.2) is 10.9 Å². The molecular weight excluding hydrogens is 500 g/mol. The van der Waals surface area contributed by atoms with E-state index in [-0.39, 0.29) is 41.0 Å². The van der Waals surface area contributed by atoms with Crippen LogP contribution in [0.25, 0.3) is 0 Å². The fourth-order valence-corrected chi connectivity index (χ4v) is 4.46. The van der Waals surface area contributed by atoms with Gasteiger partial charge in [-0.15, -0.1) is 0 Å². The number of halogens is 2. The van der Waals surface area contributed by atoms with Gasteiger partial charge in [0.05, 0.1) is 23.7 Å². The molecule has 0 radical (unpaired) electrons. The number of nitrogens with one attached hydrogen (secondary N) is 2. The molecule has 0 bridgehead atoms. The molecule has 8 nitrogen and oxygen atoms in total. The number of ether oxygens (including phenoxy) is 2. The summed E-state index contributed by atoms with van der Waals surface area (Å²) in [6.45, 7) is 1.93. The molecule has 2 aliphatic rings. The largest absolute Gasteiger partial charge is 0.503 e. The lowest BCUT2D eigenvalue weighted by Crippen LogP contribution is -2.41. The van der Waals surface area contributed by atoms with Crippen LogP contribution in [-0.2, 0) is 4.74 Å². The molecule has 170 valence electrons. The number of aliphatic hydroxyl groups excluding tert-OH is 1. The van der Waals surface area contributed by atoms with Crippen LogP contribution in [0.5, 0.6) is 11.5 Å². The molecule has 32 heavy (non-hydrogen) atoms. The number of fused-ring (bicyclic) bond motifs is 1. The van der Waals surface area contributed by atoms with Crippen molar-refractivity contribution in [1.29, 1.82) is 5.26 Å². The number of hydrogen-bond acceptors (Lipinski definition) is 8. The number of benzene rings is 2. The fourth-order valence-electron chi connectivity index (χ4n) is 3.98. The van der Waals surface area contributed by atoms with Crippen molar-refractivity contribution < 1.29 is 19.7 Å². The molecule has 6 N–H and O–H groups in total. The predicted molar refractivity (Wildman–Crippen MR) is 124 cm³/mol. The zero-order valence-electron chi connectivity index (χ0n) is 17.5. The second kappa shape index (κ2) is 10.4. The minimum absolute atomic E-state index is 0.0627. The first kappa shape index (κ1) is 24.2. The van der Waals surface area contributed by atoms with E-state index in [0.717, 1.165) is 10.0 Å². The third-order valence-corrected chi connectivity index (χ3v) is 6.13. The van der Waals surface area contributed by atoms with Crippen molar-refractivity contribution in [2.45, 2.75) is 25.1 Å². The average molecular weight is 524 g/mol. The molecule has 4 atom stereocenters. The van der Waals surface area contributed by atoms with Gasteiger partial charge in [-0.1, -0.05) is 39.7 Å². The fraction of sp³-hybridized carbons (Fsp3) is 0.318. The van der Waals surface area contributed by atoms with E-state index in [2.05, 4.69) is 32.9 Å². The number of phenolic OH excluding ortho intramolecular Hbond substituents is 1. The Balaban J connectivity index is 0.000000913. The van der Waals surface area contributed by atoms with Gasteiger partial charge in [-0.3, -0.25) is 0 Å². The average Bonchev–Trinajstić information content (AvgIpc) is 3.19. The van der Waals surface area contributed by atoms with Crippen LogP contribution in [0.2, 0.25) is 5.02 Å². The highest BCUT2D eigenvalue weighted by molar-refractivity contribution is 9.10. The number of aromatic hydroxyl groups is 1. The Labute approximate surface area is 199 Å². The molecular formula is C22H24BrClN4O4. The van der Waals surface area contributed by atoms with Crippen LogP contribution in [0.1, 0.15) is 30.0 Å². The highest BCUT2D eigenvalue weighted by Crippen LogP contribution is 2.49. The standard InChI is InChI=1S/C20H18BrClN4O3.C2H6O/c1-28-14-7-10(6-13(22)18(14)27)15-12(8-23)19(24)29-20-16(15)17(25-26-20)9-2-4-11(21)5-3-9;1-2-3/h2-7,15-17,20,25-27H,24H2,1H3;3H,2H2,1H3. The molecule has 0 aliphatic carbocycles. The third kappa shape index (κ3) is 4.65. The summed E-state index contributed by atoms with van der Waals surface area (Å²) in [5, 5.41) is 27.7. The molecule has 2 aromatic carbocycles. The molecule has 2 aromatic rings. The lowest BCUT2D eigenvalue weighted by Gasteiger charge is -2.36. The van der Waals surface area contributed by atoms with Crippen LogP contribution >= 0.6 is 27.5 Å². The van der Waals surface area contributed by atoms with Gasteiger partial charge >= 0.3 is 0 Å². The molecule has 0 spiro atoms. The Morgan fingerprint density at radius 1 is 1.25 bits per heavy atom. The highest BCUT2D eigenvalue weighted by atomic mass is 79.9. The first-order valence-electron chi connectivity index (χ1n) is 9.86. The van der Waals surface area contributed by atoms with Gasteiger partial charge in [0, 0.05) is 22.9 Å². The second-order valence-corrected chi connectivity index (χ2v) is 8.49. The normalized spacial score (nSPS) is 24.0. The van der Waals surface area contributed by atoms with Crippen molar-refractivity contribution in [1.82, 2.24) is 10.9 Å². The van der Waals surface area contributed by atoms with E-state index in [0.29, 0.717) is 11.1 Å². The molecule has 1 fully saturated rings. The topological polar surface area (TPSA) is 133 Å². The van der Waals surface area contributed by atoms with Gasteiger partial charge in [0.2, 0.25) is 5.88 Å². The van der Waals surface area contributed by atoms with E-state index < -0.39 is 12.1 Å². The van der Waals surface area contributed by atoms with E-state index in [1.54, 1.807) is 19.1 Å². The summed E-state index contributed by atoms with van der Waals surface area (Å²) in [5.74, 6) is -0.493. The summed E-state index contributed by atoms with van der Waals surface area (Å²) in [4.78, 5) is 0. The number of rotatable bonds is 3. The van der Waals surface area contributed by atoms with E-state index in [9.17, 15) is 10.4 Å². The summed E-state index contributed by atoms with van der Waals surface area (Å²) >= 11 is 9.68. The summed E-state index contributed by atoms with van der Waals surface area (Å²) in [6.07, 6.45) is -0.454. The Bertz CT molecular complexity index is 1040. The second-order valence-electron chi connectivity index (χ2n) is 7.17. The SMILES string of the molecule is CCO.COc1cc(C2C(C#N)=C(N)OC3NNC(c4ccc(Br)cc4)C32)cc(Cl)c1O. The smallest absolute Gasteiger partial charge is 0.200 e. The number of phenols is 1. The maximum absolute atomic E-state index is 10.1. The van der Waals surface area contributed by atoms with Gasteiger partial charge in [-0.05, 0) is 42.3 Å². The Hall–Kier alpha value is -2.48. The van der Waals surface area contributed by atoms with Crippen molar-refractivity contribution in [2.24, 2.45) is 11.7 Å². The molecule has 0 aromatic heterocycles. The monoisotopic (exact) mass is 522 g/mol. The van der Waals surface area contributed by atoms with Crippen LogP contribution < -0.4 is 21.3 Å². The Morgan fingerprint density at radius 2 is 1.91 bits per heavy atom. The van der Waals surface area contributed by atoms with Crippen molar-refractivity contribution in [3.05, 3.63) is 68.5 Å². The number of aliphatic hydroxyl groups is 1. The molecule has 4 unspecified atom stereocenters.